The average Bonchev–Trinajstić information content (AvgIpc) is 2.67. The zero-order valence-electron chi connectivity index (χ0n) is 13.9. The van der Waals surface area contributed by atoms with Gasteiger partial charge in [0, 0.05) is 0 Å². The fraction of sp³-hybridized carbons (Fsp3) is 0.200. The summed E-state index contributed by atoms with van der Waals surface area (Å²) in [5, 5.41) is 59.9. The third-order valence-corrected chi connectivity index (χ3v) is 3.83. The molecule has 0 aliphatic rings. The Morgan fingerprint density at radius 3 is 1.19 bits per heavy atom. The van der Waals surface area contributed by atoms with Gasteiger partial charge in [0.2, 0.25) is 0 Å². The number of hydrogen-bond donors (Lipinski definition) is 6. The van der Waals surface area contributed by atoms with E-state index in [0.717, 1.165) is 0 Å². The molecule has 0 spiro atoms. The summed E-state index contributed by atoms with van der Waals surface area (Å²) in [7, 11) is 0. The second kappa shape index (κ2) is 10.7. The molecule has 7 heteroatoms. The van der Waals surface area contributed by atoms with Crippen LogP contribution in [0.3, 0.4) is 0 Å². The Hall–Kier alpha value is -2.42. The molecule has 6 nitrogen and oxygen atoms in total. The van der Waals surface area contributed by atoms with E-state index in [1.807, 2.05) is 0 Å². The third kappa shape index (κ3) is 6.35. The molecule has 6 N–H and O–H groups in total. The molecule has 27 heavy (non-hydrogen) atoms. The van der Waals surface area contributed by atoms with Crippen LogP contribution in [0.4, 0.5) is 0 Å². The quantitative estimate of drug-likeness (QED) is 0.296. The molecular formula is C20H26O6Si. The molecule has 0 saturated carbocycles. The Kier molecular flexibility index (Phi) is 8.93. The minimum atomic E-state index is -1.92. The highest BCUT2D eigenvalue weighted by molar-refractivity contribution is 5.75. The van der Waals surface area contributed by atoms with E-state index in [0.29, 0.717) is 11.1 Å². The minimum Gasteiger partial charge on any atom is -0.509 e. The number of rotatable bonds is 7. The number of benzene rings is 2. The van der Waals surface area contributed by atoms with Crippen molar-refractivity contribution in [3.05, 3.63) is 83.3 Å². The molecule has 0 radical (unpaired) electrons. The standard InChI is InChI=1S/C20H22O6.H4Si/c21-15(11-13-7-3-1-4-8-13)17(23)19(25)20(26)18(24)16(22)12-14-9-5-2-6-10-14;/h1-12,17-26H;1H4. The topological polar surface area (TPSA) is 121 Å². The molecule has 2 aromatic carbocycles. The largest absolute Gasteiger partial charge is 0.509 e. The fourth-order valence-electron chi connectivity index (χ4n) is 2.33. The van der Waals surface area contributed by atoms with E-state index in [1.165, 1.54) is 12.2 Å². The van der Waals surface area contributed by atoms with Gasteiger partial charge in [-0.05, 0) is 34.2 Å². The predicted molar refractivity (Wildman–Crippen MR) is 109 cm³/mol. The van der Waals surface area contributed by atoms with Crippen molar-refractivity contribution in [2.45, 2.75) is 24.4 Å². The first-order valence-electron chi connectivity index (χ1n) is 8.03. The van der Waals surface area contributed by atoms with Crippen molar-refractivity contribution in [3.8, 4) is 0 Å². The van der Waals surface area contributed by atoms with E-state index in [2.05, 4.69) is 0 Å². The summed E-state index contributed by atoms with van der Waals surface area (Å²) in [5.74, 6) is -1.16. The lowest BCUT2D eigenvalue weighted by Gasteiger charge is -2.26. The second-order valence-corrected chi connectivity index (χ2v) is 5.83. The minimum absolute atomic E-state index is 0. The summed E-state index contributed by atoms with van der Waals surface area (Å²) >= 11 is 0. The Morgan fingerprint density at radius 1 is 0.593 bits per heavy atom. The van der Waals surface area contributed by atoms with Crippen LogP contribution in [0.15, 0.2) is 72.2 Å². The summed E-state index contributed by atoms with van der Waals surface area (Å²) in [4.78, 5) is 0. The summed E-state index contributed by atoms with van der Waals surface area (Å²) in [6.07, 6.45) is -5.07. The first kappa shape index (κ1) is 22.6. The van der Waals surface area contributed by atoms with E-state index in [1.54, 1.807) is 60.7 Å². The van der Waals surface area contributed by atoms with Crippen LogP contribution in [0.1, 0.15) is 11.1 Å². The molecule has 0 fully saturated rings. The summed E-state index contributed by atoms with van der Waals surface area (Å²) in [6.45, 7) is 0. The van der Waals surface area contributed by atoms with Gasteiger partial charge in [0.05, 0.1) is 0 Å². The fourth-order valence-corrected chi connectivity index (χ4v) is 2.33. The number of aliphatic hydroxyl groups is 6. The van der Waals surface area contributed by atoms with Crippen molar-refractivity contribution in [3.63, 3.8) is 0 Å². The van der Waals surface area contributed by atoms with E-state index in [9.17, 15) is 30.6 Å². The zero-order chi connectivity index (χ0) is 19.1. The van der Waals surface area contributed by atoms with Crippen LogP contribution in [-0.4, -0.2) is 66.0 Å². The molecule has 0 amide bonds. The summed E-state index contributed by atoms with van der Waals surface area (Å²) in [6, 6.07) is 17.2. The molecule has 4 unspecified atom stereocenters. The number of hydrogen-bond acceptors (Lipinski definition) is 6. The molecule has 146 valence electrons. The van der Waals surface area contributed by atoms with Crippen molar-refractivity contribution in [1.82, 2.24) is 0 Å². The highest BCUT2D eigenvalue weighted by atomic mass is 28.1. The SMILES string of the molecule is OC(=Cc1ccccc1)C(O)C(O)C(O)C(O)C(O)=Cc1ccccc1.[SiH4]. The van der Waals surface area contributed by atoms with Crippen LogP contribution < -0.4 is 0 Å². The van der Waals surface area contributed by atoms with Crippen LogP contribution in [0.5, 0.6) is 0 Å². The normalized spacial score (nSPS) is 16.7. The monoisotopic (exact) mass is 390 g/mol. The van der Waals surface area contributed by atoms with E-state index in [4.69, 9.17) is 0 Å². The summed E-state index contributed by atoms with van der Waals surface area (Å²) < 4.78 is 0. The van der Waals surface area contributed by atoms with Gasteiger partial charge in [-0.25, -0.2) is 0 Å². The number of aliphatic hydroxyl groups excluding tert-OH is 6. The van der Waals surface area contributed by atoms with Crippen LogP contribution >= 0.6 is 0 Å². The molecule has 2 aromatic rings. The lowest BCUT2D eigenvalue weighted by Crippen LogP contribution is -2.45. The van der Waals surface area contributed by atoms with Crippen molar-refractivity contribution < 1.29 is 30.6 Å². The third-order valence-electron chi connectivity index (χ3n) is 3.83. The van der Waals surface area contributed by atoms with E-state index >= 15 is 0 Å². The predicted octanol–water partition coefficient (Wildman–Crippen LogP) is 0.177. The van der Waals surface area contributed by atoms with Gasteiger partial charge >= 0.3 is 0 Å². The second-order valence-electron chi connectivity index (χ2n) is 5.83. The van der Waals surface area contributed by atoms with Crippen LogP contribution in [0.25, 0.3) is 12.2 Å². The van der Waals surface area contributed by atoms with Gasteiger partial charge in [0.25, 0.3) is 0 Å². The van der Waals surface area contributed by atoms with Gasteiger partial charge in [0.1, 0.15) is 35.9 Å². The Bertz CT molecular complexity index is 682. The molecule has 2 rings (SSSR count). The molecule has 0 aliphatic carbocycles. The smallest absolute Gasteiger partial charge is 0.139 e. The van der Waals surface area contributed by atoms with Gasteiger partial charge in [-0.2, -0.15) is 0 Å². The molecule has 0 heterocycles. The highest BCUT2D eigenvalue weighted by Gasteiger charge is 2.34. The lowest BCUT2D eigenvalue weighted by atomic mass is 9.99. The van der Waals surface area contributed by atoms with Gasteiger partial charge in [-0.15, -0.1) is 0 Å². The van der Waals surface area contributed by atoms with Gasteiger partial charge < -0.3 is 30.6 Å². The lowest BCUT2D eigenvalue weighted by molar-refractivity contribution is -0.0996. The molecule has 0 bridgehead atoms. The van der Waals surface area contributed by atoms with Crippen LogP contribution in [0, 0.1) is 0 Å². The van der Waals surface area contributed by atoms with Gasteiger partial charge in [0.15, 0.2) is 0 Å². The first-order valence-corrected chi connectivity index (χ1v) is 8.03. The molecule has 0 aliphatic heterocycles. The molecule has 0 aromatic heterocycles. The first-order chi connectivity index (χ1) is 12.4. The summed E-state index contributed by atoms with van der Waals surface area (Å²) in [5.41, 5.74) is 1.16. The highest BCUT2D eigenvalue weighted by Crippen LogP contribution is 2.17. The molecule has 4 atom stereocenters. The Labute approximate surface area is 162 Å². The van der Waals surface area contributed by atoms with Gasteiger partial charge in [-0.1, -0.05) is 60.7 Å². The van der Waals surface area contributed by atoms with Crippen LogP contribution in [-0.2, 0) is 0 Å². The maximum absolute atomic E-state index is 10.0. The van der Waals surface area contributed by atoms with Crippen molar-refractivity contribution in [1.29, 1.82) is 0 Å². The van der Waals surface area contributed by atoms with Crippen molar-refractivity contribution in [2.24, 2.45) is 0 Å². The van der Waals surface area contributed by atoms with E-state index in [-0.39, 0.29) is 11.0 Å². The maximum atomic E-state index is 10.0. The molecule has 0 saturated heterocycles. The molecular weight excluding hydrogens is 364 g/mol. The van der Waals surface area contributed by atoms with Crippen molar-refractivity contribution in [2.75, 3.05) is 0 Å². The maximum Gasteiger partial charge on any atom is 0.139 e. The zero-order valence-corrected chi connectivity index (χ0v) is 13.9. The van der Waals surface area contributed by atoms with Crippen molar-refractivity contribution >= 4 is 23.1 Å². The van der Waals surface area contributed by atoms with Gasteiger partial charge in [-0.3, -0.25) is 0 Å². The van der Waals surface area contributed by atoms with Crippen LogP contribution in [0.2, 0.25) is 0 Å². The Morgan fingerprint density at radius 2 is 0.889 bits per heavy atom. The average molecular weight is 391 g/mol. The van der Waals surface area contributed by atoms with E-state index < -0.39 is 35.9 Å². The Balaban J connectivity index is 0.00000364.